The van der Waals surface area contributed by atoms with E-state index in [0.29, 0.717) is 18.6 Å². The van der Waals surface area contributed by atoms with Crippen LogP contribution in [0.2, 0.25) is 0 Å². The van der Waals surface area contributed by atoms with Crippen molar-refractivity contribution in [2.24, 2.45) is 0 Å². The lowest BCUT2D eigenvalue weighted by Gasteiger charge is -2.31. The van der Waals surface area contributed by atoms with Crippen LogP contribution in [-0.4, -0.2) is 28.9 Å². The molecule has 1 aliphatic rings. The van der Waals surface area contributed by atoms with Crippen molar-refractivity contribution in [3.05, 3.63) is 28.2 Å². The van der Waals surface area contributed by atoms with Crippen LogP contribution < -0.4 is 5.32 Å². The molecule has 2 rings (SSSR count). The van der Waals surface area contributed by atoms with Crippen LogP contribution in [0.4, 0.5) is 0 Å². The molecule has 0 atom stereocenters. The highest BCUT2D eigenvalue weighted by atomic mass is 79.9. The van der Waals surface area contributed by atoms with Crippen molar-refractivity contribution in [1.29, 1.82) is 0 Å². The molecule has 0 saturated heterocycles. The molecule has 0 aliphatic heterocycles. The summed E-state index contributed by atoms with van der Waals surface area (Å²) in [5.74, 6) is 0.467. The van der Waals surface area contributed by atoms with E-state index < -0.39 is 0 Å². The summed E-state index contributed by atoms with van der Waals surface area (Å²) in [6, 6.07) is 6.21. The van der Waals surface area contributed by atoms with Gasteiger partial charge in [-0.3, -0.25) is 4.79 Å². The van der Waals surface area contributed by atoms with Crippen molar-refractivity contribution in [3.63, 3.8) is 0 Å². The maximum Gasteiger partial charge on any atom is 0.230 e. The minimum Gasteiger partial charge on any atom is -0.393 e. The first kappa shape index (κ1) is 13.9. The van der Waals surface area contributed by atoms with E-state index >= 15 is 0 Å². The monoisotopic (exact) mass is 329 g/mol. The van der Waals surface area contributed by atoms with Crippen LogP contribution >= 0.6 is 27.7 Å². The van der Waals surface area contributed by atoms with Crippen LogP contribution in [0.15, 0.2) is 27.6 Å². The van der Waals surface area contributed by atoms with Gasteiger partial charge in [0.15, 0.2) is 0 Å². The number of aliphatic hydroxyl groups is 1. The van der Waals surface area contributed by atoms with Crippen LogP contribution in [0.3, 0.4) is 0 Å². The number of aryl methyl sites for hydroxylation is 1. The van der Waals surface area contributed by atoms with Crippen LogP contribution in [0.5, 0.6) is 0 Å². The topological polar surface area (TPSA) is 49.3 Å². The van der Waals surface area contributed by atoms with Gasteiger partial charge in [-0.2, -0.15) is 0 Å². The Balaban J connectivity index is 1.78. The van der Waals surface area contributed by atoms with E-state index in [1.807, 2.05) is 25.1 Å². The molecule has 1 fully saturated rings. The number of thioether (sulfide) groups is 1. The van der Waals surface area contributed by atoms with Gasteiger partial charge < -0.3 is 10.4 Å². The molecule has 2 N–H and O–H groups in total. The number of carbonyl (C=O) groups is 1. The van der Waals surface area contributed by atoms with Crippen molar-refractivity contribution in [2.45, 2.75) is 36.8 Å². The zero-order valence-electron chi connectivity index (χ0n) is 10.1. The number of aliphatic hydroxyl groups excluding tert-OH is 1. The lowest BCUT2D eigenvalue weighted by molar-refractivity contribution is -0.120. The molecular weight excluding hydrogens is 314 g/mol. The summed E-state index contributed by atoms with van der Waals surface area (Å²) in [6.45, 7) is 2.04. The highest BCUT2D eigenvalue weighted by molar-refractivity contribution is 9.10. The zero-order chi connectivity index (χ0) is 13.1. The molecule has 0 aromatic heterocycles. The molecule has 0 radical (unpaired) electrons. The van der Waals surface area contributed by atoms with Gasteiger partial charge in [0.05, 0.1) is 11.9 Å². The molecule has 0 bridgehead atoms. The Morgan fingerprint density at radius 1 is 1.56 bits per heavy atom. The Kier molecular flexibility index (Phi) is 4.70. The molecule has 5 heteroatoms. The average molecular weight is 330 g/mol. The average Bonchev–Trinajstić information content (AvgIpc) is 2.26. The van der Waals surface area contributed by atoms with Gasteiger partial charge in [0.25, 0.3) is 0 Å². The summed E-state index contributed by atoms with van der Waals surface area (Å²) in [5, 5.41) is 12.1. The third-order valence-corrected chi connectivity index (χ3v) is 4.64. The van der Waals surface area contributed by atoms with Crippen molar-refractivity contribution in [2.75, 3.05) is 5.75 Å². The molecule has 0 unspecified atom stereocenters. The van der Waals surface area contributed by atoms with Gasteiger partial charge in [-0.15, -0.1) is 11.8 Å². The first-order chi connectivity index (χ1) is 8.54. The molecular formula is C13H16BrNO2S. The summed E-state index contributed by atoms with van der Waals surface area (Å²) in [7, 11) is 0. The van der Waals surface area contributed by atoms with E-state index in [0.717, 1.165) is 9.37 Å². The number of rotatable bonds is 4. The van der Waals surface area contributed by atoms with Gasteiger partial charge in [0, 0.05) is 15.4 Å². The number of hydrogen-bond donors (Lipinski definition) is 2. The second-order valence-electron chi connectivity index (χ2n) is 4.59. The fourth-order valence-electron chi connectivity index (χ4n) is 1.89. The van der Waals surface area contributed by atoms with E-state index in [4.69, 9.17) is 5.11 Å². The predicted molar refractivity (Wildman–Crippen MR) is 76.8 cm³/mol. The molecule has 1 saturated carbocycles. The Hall–Kier alpha value is -0.520. The second-order valence-corrected chi connectivity index (χ2v) is 6.52. The quantitative estimate of drug-likeness (QED) is 0.834. The third-order valence-electron chi connectivity index (χ3n) is 2.97. The normalized spacial score (nSPS) is 22.4. The highest BCUT2D eigenvalue weighted by Crippen LogP contribution is 2.25. The van der Waals surface area contributed by atoms with Gasteiger partial charge in [-0.1, -0.05) is 15.9 Å². The molecule has 1 aliphatic carbocycles. The van der Waals surface area contributed by atoms with E-state index in [9.17, 15) is 4.79 Å². The molecule has 0 heterocycles. The van der Waals surface area contributed by atoms with E-state index in [-0.39, 0.29) is 18.1 Å². The summed E-state index contributed by atoms with van der Waals surface area (Å²) < 4.78 is 1.05. The van der Waals surface area contributed by atoms with E-state index in [1.165, 1.54) is 5.56 Å². The van der Waals surface area contributed by atoms with Gasteiger partial charge >= 0.3 is 0 Å². The zero-order valence-corrected chi connectivity index (χ0v) is 12.6. The maximum absolute atomic E-state index is 11.7. The molecule has 1 amide bonds. The summed E-state index contributed by atoms with van der Waals surface area (Å²) in [6.07, 6.45) is 1.15. The lowest BCUT2D eigenvalue weighted by Crippen LogP contribution is -2.47. The Labute approximate surface area is 119 Å². The standard InChI is InChI=1S/C13H16BrNO2S/c1-8-4-9(14)2-3-12(8)18-7-13(17)15-10-5-11(16)6-10/h2-4,10-11,16H,5-7H2,1H3,(H,15,17). The second kappa shape index (κ2) is 6.08. The van der Waals surface area contributed by atoms with Crippen LogP contribution in [0.25, 0.3) is 0 Å². The van der Waals surface area contributed by atoms with Gasteiger partial charge in [0.1, 0.15) is 0 Å². The Morgan fingerprint density at radius 2 is 2.28 bits per heavy atom. The van der Waals surface area contributed by atoms with Crippen LogP contribution in [0.1, 0.15) is 18.4 Å². The number of amides is 1. The van der Waals surface area contributed by atoms with Crippen molar-refractivity contribution < 1.29 is 9.90 Å². The van der Waals surface area contributed by atoms with Gasteiger partial charge in [0.2, 0.25) is 5.91 Å². The summed E-state index contributed by atoms with van der Waals surface area (Å²) >= 11 is 4.97. The molecule has 3 nitrogen and oxygen atoms in total. The number of carbonyl (C=O) groups excluding carboxylic acids is 1. The van der Waals surface area contributed by atoms with E-state index in [2.05, 4.69) is 21.2 Å². The Morgan fingerprint density at radius 3 is 2.89 bits per heavy atom. The van der Waals surface area contributed by atoms with Crippen molar-refractivity contribution in [3.8, 4) is 0 Å². The molecule has 0 spiro atoms. The van der Waals surface area contributed by atoms with E-state index in [1.54, 1.807) is 11.8 Å². The number of nitrogens with one attached hydrogen (secondary N) is 1. The molecule has 1 aromatic rings. The first-order valence-corrected chi connectivity index (χ1v) is 7.69. The molecule has 18 heavy (non-hydrogen) atoms. The minimum atomic E-state index is -0.225. The van der Waals surface area contributed by atoms with Crippen LogP contribution in [0, 0.1) is 6.92 Å². The first-order valence-electron chi connectivity index (χ1n) is 5.91. The van der Waals surface area contributed by atoms with Crippen molar-refractivity contribution in [1.82, 2.24) is 5.32 Å². The smallest absolute Gasteiger partial charge is 0.230 e. The predicted octanol–water partition coefficient (Wildman–Crippen LogP) is 2.49. The third kappa shape index (κ3) is 3.73. The number of halogens is 1. The fraction of sp³-hybridized carbons (Fsp3) is 0.462. The van der Waals surface area contributed by atoms with Gasteiger partial charge in [-0.25, -0.2) is 0 Å². The minimum absolute atomic E-state index is 0.0409. The largest absolute Gasteiger partial charge is 0.393 e. The van der Waals surface area contributed by atoms with Crippen LogP contribution in [-0.2, 0) is 4.79 Å². The molecule has 1 aromatic carbocycles. The fourth-order valence-corrected chi connectivity index (χ4v) is 3.19. The number of hydrogen-bond acceptors (Lipinski definition) is 3. The Bertz CT molecular complexity index is 447. The highest BCUT2D eigenvalue weighted by Gasteiger charge is 2.28. The summed E-state index contributed by atoms with van der Waals surface area (Å²) in [4.78, 5) is 12.8. The van der Waals surface area contributed by atoms with Crippen molar-refractivity contribution >= 4 is 33.6 Å². The summed E-state index contributed by atoms with van der Waals surface area (Å²) in [5.41, 5.74) is 1.17. The number of benzene rings is 1. The lowest BCUT2D eigenvalue weighted by atomic mass is 9.89. The SMILES string of the molecule is Cc1cc(Br)ccc1SCC(=O)NC1CC(O)C1. The molecule has 98 valence electrons. The maximum atomic E-state index is 11.7. The van der Waals surface area contributed by atoms with Gasteiger partial charge in [-0.05, 0) is 43.5 Å².